The van der Waals surface area contributed by atoms with Crippen molar-refractivity contribution in [3.05, 3.63) is 66.0 Å². The Labute approximate surface area is 167 Å². The fourth-order valence-electron chi connectivity index (χ4n) is 3.39. The molecule has 1 N–H and O–H groups in total. The maximum absolute atomic E-state index is 14.0. The first-order valence-corrected chi connectivity index (χ1v) is 9.63. The van der Waals surface area contributed by atoms with Crippen LogP contribution in [0.1, 0.15) is 30.9 Å². The molecule has 150 valence electrons. The topological polar surface area (TPSA) is 75.7 Å². The Hall–Kier alpha value is -3.22. The lowest BCUT2D eigenvalue weighted by Crippen LogP contribution is -2.35. The standard InChI is InChI=1S/C22H21FN2O4/c23-17-8-4-5-9-18(17)25-13-15(12-19(25)26)22(28)29-20(14-6-2-1-3-7-14)21(27)24-16-10-11-16/h1-9,15-16,20H,10-13H2,(H,24,27)/t15-,20-/m1/s1. The lowest BCUT2D eigenvalue weighted by atomic mass is 10.1. The van der Waals surface area contributed by atoms with Gasteiger partial charge in [-0.3, -0.25) is 14.4 Å². The van der Waals surface area contributed by atoms with Gasteiger partial charge in [-0.1, -0.05) is 42.5 Å². The molecule has 0 aromatic heterocycles. The molecule has 6 nitrogen and oxygen atoms in total. The van der Waals surface area contributed by atoms with Crippen molar-refractivity contribution in [1.29, 1.82) is 0 Å². The molecule has 1 aliphatic carbocycles. The third-order valence-corrected chi connectivity index (χ3v) is 5.10. The number of benzene rings is 2. The lowest BCUT2D eigenvalue weighted by Gasteiger charge is -2.20. The van der Waals surface area contributed by atoms with Crippen LogP contribution in [-0.2, 0) is 19.1 Å². The van der Waals surface area contributed by atoms with Gasteiger partial charge < -0.3 is 15.0 Å². The van der Waals surface area contributed by atoms with Crippen molar-refractivity contribution in [3.8, 4) is 0 Å². The predicted molar refractivity (Wildman–Crippen MR) is 103 cm³/mol. The molecule has 0 radical (unpaired) electrons. The highest BCUT2D eigenvalue weighted by molar-refractivity contribution is 6.00. The van der Waals surface area contributed by atoms with Crippen LogP contribution in [0, 0.1) is 11.7 Å². The van der Waals surface area contributed by atoms with Crippen LogP contribution in [0.15, 0.2) is 54.6 Å². The third kappa shape index (κ3) is 4.29. The molecule has 2 aromatic carbocycles. The van der Waals surface area contributed by atoms with Gasteiger partial charge in [0.1, 0.15) is 5.82 Å². The van der Waals surface area contributed by atoms with Gasteiger partial charge in [0.25, 0.3) is 5.91 Å². The van der Waals surface area contributed by atoms with Gasteiger partial charge in [0.05, 0.1) is 11.6 Å². The van der Waals surface area contributed by atoms with Gasteiger partial charge in [0, 0.05) is 24.6 Å². The minimum Gasteiger partial charge on any atom is -0.447 e. The van der Waals surface area contributed by atoms with Gasteiger partial charge in [0.15, 0.2) is 0 Å². The molecular weight excluding hydrogens is 375 g/mol. The van der Waals surface area contributed by atoms with Gasteiger partial charge in [-0.05, 0) is 25.0 Å². The SMILES string of the molecule is O=C(O[C@@H](C(=O)NC1CC1)c1ccccc1)[C@@H]1CC(=O)N(c2ccccc2F)C1. The normalized spacial score (nSPS) is 19.7. The summed E-state index contributed by atoms with van der Waals surface area (Å²) < 4.78 is 19.6. The van der Waals surface area contributed by atoms with Crippen LogP contribution in [0.2, 0.25) is 0 Å². The molecule has 7 heteroatoms. The zero-order valence-electron chi connectivity index (χ0n) is 15.7. The molecule has 2 atom stereocenters. The number of halogens is 1. The number of carbonyl (C=O) groups excluding carboxylic acids is 3. The number of esters is 1. The number of para-hydroxylation sites is 1. The summed E-state index contributed by atoms with van der Waals surface area (Å²) in [7, 11) is 0. The number of rotatable bonds is 6. The van der Waals surface area contributed by atoms with Crippen LogP contribution >= 0.6 is 0 Å². The second-order valence-electron chi connectivity index (χ2n) is 7.37. The summed E-state index contributed by atoms with van der Waals surface area (Å²) in [5.74, 6) is -2.65. The first-order valence-electron chi connectivity index (χ1n) is 9.63. The number of amides is 2. The Balaban J connectivity index is 1.48. The zero-order chi connectivity index (χ0) is 20.4. The lowest BCUT2D eigenvalue weighted by molar-refractivity contribution is -0.160. The average Bonchev–Trinajstić information content (AvgIpc) is 3.46. The second kappa shape index (κ2) is 8.03. The first-order chi connectivity index (χ1) is 14.0. The van der Waals surface area contributed by atoms with Crippen molar-refractivity contribution in [1.82, 2.24) is 5.32 Å². The molecule has 0 spiro atoms. The van der Waals surface area contributed by atoms with E-state index in [1.807, 2.05) is 6.07 Å². The van der Waals surface area contributed by atoms with Crippen LogP contribution in [0.5, 0.6) is 0 Å². The predicted octanol–water partition coefficient (Wildman–Crippen LogP) is 2.74. The maximum Gasteiger partial charge on any atom is 0.312 e. The first kappa shape index (κ1) is 19.1. The molecule has 2 amide bonds. The number of hydrogen-bond donors (Lipinski definition) is 1. The molecule has 29 heavy (non-hydrogen) atoms. The van der Waals surface area contributed by atoms with E-state index >= 15 is 0 Å². The van der Waals surface area contributed by atoms with Crippen molar-refractivity contribution in [2.24, 2.45) is 5.92 Å². The van der Waals surface area contributed by atoms with Gasteiger partial charge in [-0.2, -0.15) is 0 Å². The van der Waals surface area contributed by atoms with E-state index in [1.54, 1.807) is 30.3 Å². The number of nitrogens with one attached hydrogen (secondary N) is 1. The smallest absolute Gasteiger partial charge is 0.312 e. The highest BCUT2D eigenvalue weighted by Gasteiger charge is 2.39. The summed E-state index contributed by atoms with van der Waals surface area (Å²) in [6, 6.07) is 14.8. The highest BCUT2D eigenvalue weighted by Crippen LogP contribution is 2.30. The van der Waals surface area contributed by atoms with Crippen LogP contribution in [0.4, 0.5) is 10.1 Å². The largest absolute Gasteiger partial charge is 0.447 e. The Kier molecular flexibility index (Phi) is 5.29. The van der Waals surface area contributed by atoms with E-state index in [4.69, 9.17) is 4.74 Å². The van der Waals surface area contributed by atoms with E-state index in [1.165, 1.54) is 23.1 Å². The molecule has 2 aliphatic rings. The molecule has 1 saturated heterocycles. The second-order valence-corrected chi connectivity index (χ2v) is 7.37. The van der Waals surface area contributed by atoms with Crippen molar-refractivity contribution < 1.29 is 23.5 Å². The van der Waals surface area contributed by atoms with Crippen LogP contribution < -0.4 is 10.2 Å². The van der Waals surface area contributed by atoms with E-state index in [0.717, 1.165) is 12.8 Å². The quantitative estimate of drug-likeness (QED) is 0.762. The fourth-order valence-corrected chi connectivity index (χ4v) is 3.39. The number of carbonyl (C=O) groups is 3. The molecule has 4 rings (SSSR count). The summed E-state index contributed by atoms with van der Waals surface area (Å²) in [6.07, 6.45) is 0.659. The minimum atomic E-state index is -1.08. The number of hydrogen-bond acceptors (Lipinski definition) is 4. The van der Waals surface area contributed by atoms with Gasteiger partial charge >= 0.3 is 5.97 Å². The Bertz CT molecular complexity index is 929. The number of anilines is 1. The summed E-state index contributed by atoms with van der Waals surface area (Å²) >= 11 is 0. The maximum atomic E-state index is 14.0. The number of ether oxygens (including phenoxy) is 1. The van der Waals surface area contributed by atoms with Crippen LogP contribution in [0.3, 0.4) is 0 Å². The molecule has 0 bridgehead atoms. The van der Waals surface area contributed by atoms with E-state index < -0.39 is 23.8 Å². The van der Waals surface area contributed by atoms with Gasteiger partial charge in [-0.25, -0.2) is 4.39 Å². The third-order valence-electron chi connectivity index (χ3n) is 5.10. The average molecular weight is 396 g/mol. The van der Waals surface area contributed by atoms with Gasteiger partial charge in [0.2, 0.25) is 12.0 Å². The van der Waals surface area contributed by atoms with Crippen molar-refractivity contribution in [2.45, 2.75) is 31.4 Å². The summed E-state index contributed by atoms with van der Waals surface area (Å²) in [6.45, 7) is 0.0182. The van der Waals surface area contributed by atoms with E-state index in [2.05, 4.69) is 5.32 Å². The monoisotopic (exact) mass is 396 g/mol. The van der Waals surface area contributed by atoms with Crippen LogP contribution in [0.25, 0.3) is 0 Å². The molecule has 2 fully saturated rings. The Morgan fingerprint density at radius 1 is 1.07 bits per heavy atom. The van der Waals surface area contributed by atoms with Crippen molar-refractivity contribution in [2.75, 3.05) is 11.4 Å². The zero-order valence-corrected chi connectivity index (χ0v) is 15.7. The minimum absolute atomic E-state index is 0.0182. The fraction of sp³-hybridized carbons (Fsp3) is 0.318. The Morgan fingerprint density at radius 3 is 2.45 bits per heavy atom. The Morgan fingerprint density at radius 2 is 1.76 bits per heavy atom. The number of nitrogens with zero attached hydrogens (tertiary/aromatic N) is 1. The molecule has 1 aliphatic heterocycles. The summed E-state index contributed by atoms with van der Waals surface area (Å²) in [4.78, 5) is 39.0. The molecule has 1 saturated carbocycles. The van der Waals surface area contributed by atoms with Crippen molar-refractivity contribution >= 4 is 23.5 Å². The van der Waals surface area contributed by atoms with Gasteiger partial charge in [-0.15, -0.1) is 0 Å². The van der Waals surface area contributed by atoms with Crippen molar-refractivity contribution in [3.63, 3.8) is 0 Å². The molecule has 2 aromatic rings. The van der Waals surface area contributed by atoms with E-state index in [-0.39, 0.29) is 36.5 Å². The molecule has 0 unspecified atom stereocenters. The molecule has 1 heterocycles. The van der Waals surface area contributed by atoms with E-state index in [0.29, 0.717) is 5.56 Å². The van der Waals surface area contributed by atoms with Crippen LogP contribution in [-0.4, -0.2) is 30.4 Å². The molecular formula is C22H21FN2O4. The highest BCUT2D eigenvalue weighted by atomic mass is 19.1. The van der Waals surface area contributed by atoms with E-state index in [9.17, 15) is 18.8 Å². The summed E-state index contributed by atoms with van der Waals surface area (Å²) in [5.41, 5.74) is 0.702. The summed E-state index contributed by atoms with van der Waals surface area (Å²) in [5, 5.41) is 2.86.